The first kappa shape index (κ1) is 33.1. The van der Waals surface area contributed by atoms with Crippen LogP contribution in [0.25, 0.3) is 0 Å². The molecule has 5 rings (SSSR count). The molecule has 0 bridgehead atoms. The predicted molar refractivity (Wildman–Crippen MR) is 155 cm³/mol. The average Bonchev–Trinajstić information content (AvgIpc) is 3.64. The summed E-state index contributed by atoms with van der Waals surface area (Å²) < 4.78 is 84.2. The zero-order valence-corrected chi connectivity index (χ0v) is 25.2. The number of aromatic nitrogens is 4. The molecule has 2 aromatic heterocycles. The van der Waals surface area contributed by atoms with Crippen LogP contribution in [0.4, 0.5) is 36.6 Å². The summed E-state index contributed by atoms with van der Waals surface area (Å²) in [5.74, 6) is -2.09. The molecule has 0 spiro atoms. The lowest BCUT2D eigenvalue weighted by atomic mass is 9.82. The number of hydrogen-bond acceptors (Lipinski definition) is 10. The molecule has 4 aromatic rings. The number of carbonyl (C=O) groups is 2. The number of alkyl halides is 6. The van der Waals surface area contributed by atoms with Gasteiger partial charge in [0.15, 0.2) is 0 Å². The first-order chi connectivity index (χ1) is 21.8. The Morgan fingerprint density at radius 2 is 1.11 bits per heavy atom. The topological polar surface area (TPSA) is 128 Å². The molecular weight excluding hydrogens is 662 g/mol. The van der Waals surface area contributed by atoms with Gasteiger partial charge in [-0.3, -0.25) is 9.59 Å². The zero-order chi connectivity index (χ0) is 32.9. The number of ether oxygens (including phenoxy) is 2. The fourth-order valence-electron chi connectivity index (χ4n) is 4.96. The van der Waals surface area contributed by atoms with Gasteiger partial charge in [0.2, 0.25) is 22.1 Å². The van der Waals surface area contributed by atoms with E-state index >= 15 is 0 Å². The molecule has 2 N–H and O–H groups in total. The highest BCUT2D eigenvalue weighted by molar-refractivity contribution is 7.15. The monoisotopic (exact) mass is 686 g/mol. The van der Waals surface area contributed by atoms with Crippen molar-refractivity contribution < 1.29 is 45.4 Å². The van der Waals surface area contributed by atoms with Crippen LogP contribution in [0.15, 0.2) is 48.5 Å². The lowest BCUT2D eigenvalue weighted by Crippen LogP contribution is -2.20. The second-order valence-corrected chi connectivity index (χ2v) is 12.2. The molecule has 2 unspecified atom stereocenters. The van der Waals surface area contributed by atoms with Crippen molar-refractivity contribution in [1.29, 1.82) is 0 Å². The SMILES string of the molecule is O=C(Cc1ccccc1OC(F)(F)F)Nc1nnc(C2CCCC(c3nnc(NC(=O)Cc4ccccc4OC(F)(F)F)s3)C2)s1. The molecule has 46 heavy (non-hydrogen) atoms. The van der Waals surface area contributed by atoms with Crippen LogP contribution in [0.2, 0.25) is 0 Å². The summed E-state index contributed by atoms with van der Waals surface area (Å²) in [6, 6.07) is 10.7. The number of anilines is 2. The van der Waals surface area contributed by atoms with Gasteiger partial charge in [-0.1, -0.05) is 65.5 Å². The third kappa shape index (κ3) is 9.35. The van der Waals surface area contributed by atoms with Crippen molar-refractivity contribution in [3.8, 4) is 11.5 Å². The molecule has 244 valence electrons. The number of hydrogen-bond donors (Lipinski definition) is 2. The van der Waals surface area contributed by atoms with Gasteiger partial charge in [-0.2, -0.15) is 0 Å². The number of para-hydroxylation sites is 2. The minimum Gasteiger partial charge on any atom is -0.405 e. The minimum atomic E-state index is -4.90. The van der Waals surface area contributed by atoms with Crippen molar-refractivity contribution >= 4 is 44.8 Å². The first-order valence-electron chi connectivity index (χ1n) is 13.7. The van der Waals surface area contributed by atoms with E-state index in [1.165, 1.54) is 59.1 Å². The Kier molecular flexibility index (Phi) is 10.0. The summed E-state index contributed by atoms with van der Waals surface area (Å²) in [6.07, 6.45) is -7.42. The van der Waals surface area contributed by atoms with Gasteiger partial charge in [0.25, 0.3) is 0 Å². The molecule has 1 aliphatic rings. The van der Waals surface area contributed by atoms with Crippen LogP contribution < -0.4 is 20.1 Å². The first-order valence-corrected chi connectivity index (χ1v) is 15.4. The second-order valence-electron chi connectivity index (χ2n) is 10.2. The Bertz CT molecular complexity index is 1560. The van der Waals surface area contributed by atoms with E-state index in [2.05, 4.69) is 40.5 Å². The molecule has 2 aromatic carbocycles. The Balaban J connectivity index is 1.15. The molecule has 2 heterocycles. The van der Waals surface area contributed by atoms with Gasteiger partial charge in [0.1, 0.15) is 21.5 Å². The van der Waals surface area contributed by atoms with E-state index in [9.17, 15) is 35.9 Å². The van der Waals surface area contributed by atoms with Crippen molar-refractivity contribution in [2.45, 2.75) is 63.1 Å². The van der Waals surface area contributed by atoms with Gasteiger partial charge in [-0.25, -0.2) is 0 Å². The molecule has 1 saturated carbocycles. The third-order valence-electron chi connectivity index (χ3n) is 6.85. The van der Waals surface area contributed by atoms with Crippen LogP contribution in [-0.2, 0) is 22.4 Å². The lowest BCUT2D eigenvalue weighted by molar-refractivity contribution is -0.275. The van der Waals surface area contributed by atoms with Gasteiger partial charge in [0, 0.05) is 23.0 Å². The Labute approximate surface area is 265 Å². The van der Waals surface area contributed by atoms with Gasteiger partial charge in [-0.05, 0) is 31.4 Å². The second kappa shape index (κ2) is 14.0. The Hall–Kier alpha value is -4.32. The van der Waals surface area contributed by atoms with Crippen molar-refractivity contribution in [1.82, 2.24) is 20.4 Å². The maximum Gasteiger partial charge on any atom is 0.573 e. The fourth-order valence-corrected chi connectivity index (χ4v) is 6.77. The summed E-state index contributed by atoms with van der Waals surface area (Å²) in [6.45, 7) is 0. The zero-order valence-electron chi connectivity index (χ0n) is 23.5. The molecular formula is C28H24F6N6O4S2. The fraction of sp³-hybridized carbons (Fsp3) is 0.357. The Morgan fingerprint density at radius 1 is 0.696 bits per heavy atom. The standard InChI is InChI=1S/C28H24F6N6O4S2/c29-27(30,31)43-19-10-3-1-6-15(19)13-21(41)35-25-39-37-23(45-25)17-8-5-9-18(12-17)24-38-40-26(46-24)36-22(42)14-16-7-2-4-11-20(16)44-28(32,33)34/h1-4,6-7,10-11,17-18H,5,8-9,12-14H2,(H,35,39,41)(H,36,40,42). The summed E-state index contributed by atoms with van der Waals surface area (Å²) in [7, 11) is 0. The summed E-state index contributed by atoms with van der Waals surface area (Å²) in [5.41, 5.74) is 0.121. The molecule has 1 aliphatic carbocycles. The Morgan fingerprint density at radius 3 is 1.52 bits per heavy atom. The number of rotatable bonds is 10. The molecule has 1 fully saturated rings. The van der Waals surface area contributed by atoms with Crippen molar-refractivity contribution in [2.75, 3.05) is 10.6 Å². The number of halogens is 6. The van der Waals surface area contributed by atoms with Crippen LogP contribution in [0, 0.1) is 0 Å². The number of benzene rings is 2. The van der Waals surface area contributed by atoms with E-state index in [1.807, 2.05) is 0 Å². The predicted octanol–water partition coefficient (Wildman–Crippen LogP) is 6.99. The quantitative estimate of drug-likeness (QED) is 0.171. The number of nitrogens with one attached hydrogen (secondary N) is 2. The van der Waals surface area contributed by atoms with Gasteiger partial charge in [0.05, 0.1) is 12.8 Å². The highest BCUT2D eigenvalue weighted by Gasteiger charge is 2.34. The number of amides is 2. The van der Waals surface area contributed by atoms with Gasteiger partial charge < -0.3 is 20.1 Å². The highest BCUT2D eigenvalue weighted by Crippen LogP contribution is 2.43. The van der Waals surface area contributed by atoms with Crippen LogP contribution in [0.1, 0.15) is 58.7 Å². The van der Waals surface area contributed by atoms with Crippen molar-refractivity contribution in [3.63, 3.8) is 0 Å². The maximum absolute atomic E-state index is 12.7. The molecule has 18 heteroatoms. The largest absolute Gasteiger partial charge is 0.573 e. The van der Waals surface area contributed by atoms with Crippen LogP contribution in [0.3, 0.4) is 0 Å². The smallest absolute Gasteiger partial charge is 0.405 e. The summed E-state index contributed by atoms with van der Waals surface area (Å²) in [5, 5.41) is 23.4. The number of carbonyl (C=O) groups excluding carboxylic acids is 2. The molecule has 2 amide bonds. The van der Waals surface area contributed by atoms with Gasteiger partial charge in [-0.15, -0.1) is 46.7 Å². The highest BCUT2D eigenvalue weighted by atomic mass is 32.1. The number of nitrogens with zero attached hydrogens (tertiary/aromatic N) is 4. The van der Waals surface area contributed by atoms with Gasteiger partial charge >= 0.3 is 12.7 Å². The van der Waals surface area contributed by atoms with E-state index in [-0.39, 0.29) is 46.1 Å². The molecule has 2 atom stereocenters. The molecule has 10 nitrogen and oxygen atoms in total. The molecule has 0 radical (unpaired) electrons. The van der Waals surface area contributed by atoms with Crippen LogP contribution in [-0.4, -0.2) is 44.9 Å². The van der Waals surface area contributed by atoms with Crippen LogP contribution in [0.5, 0.6) is 11.5 Å². The maximum atomic E-state index is 12.7. The summed E-state index contributed by atoms with van der Waals surface area (Å²) >= 11 is 2.35. The van der Waals surface area contributed by atoms with E-state index in [4.69, 9.17) is 0 Å². The van der Waals surface area contributed by atoms with Crippen LogP contribution >= 0.6 is 22.7 Å². The van der Waals surface area contributed by atoms with Crippen molar-refractivity contribution in [2.24, 2.45) is 0 Å². The normalized spacial score (nSPS) is 16.9. The molecule has 0 saturated heterocycles. The third-order valence-corrected chi connectivity index (χ3v) is 8.85. The molecule has 0 aliphatic heterocycles. The van der Waals surface area contributed by atoms with E-state index in [1.54, 1.807) is 0 Å². The minimum absolute atomic E-state index is 0.00473. The van der Waals surface area contributed by atoms with Crippen molar-refractivity contribution in [3.05, 3.63) is 69.7 Å². The lowest BCUT2D eigenvalue weighted by Gasteiger charge is -2.25. The van der Waals surface area contributed by atoms with E-state index in [0.29, 0.717) is 16.4 Å². The van der Waals surface area contributed by atoms with E-state index < -0.39 is 36.0 Å². The average molecular weight is 687 g/mol. The van der Waals surface area contributed by atoms with E-state index in [0.717, 1.165) is 31.4 Å². The summed E-state index contributed by atoms with van der Waals surface area (Å²) in [4.78, 5) is 25.1.